The Morgan fingerprint density at radius 3 is 2.21 bits per heavy atom. The van der Waals surface area contributed by atoms with Gasteiger partial charge in [0.2, 0.25) is 5.91 Å². The van der Waals surface area contributed by atoms with Crippen LogP contribution in [-0.2, 0) is 4.79 Å². The molecule has 0 spiro atoms. The molecule has 0 heterocycles. The summed E-state index contributed by atoms with van der Waals surface area (Å²) in [5.41, 5.74) is 6.17. The SMILES string of the molecule is NC1CCCCCC1NC(=O)CC1CCCCCC1. The Morgan fingerprint density at radius 1 is 0.895 bits per heavy atom. The second kappa shape index (κ2) is 7.88. The molecule has 2 unspecified atom stereocenters. The van der Waals surface area contributed by atoms with Crippen LogP contribution in [0.1, 0.15) is 77.0 Å². The summed E-state index contributed by atoms with van der Waals surface area (Å²) in [5.74, 6) is 0.860. The van der Waals surface area contributed by atoms with Gasteiger partial charge in [0.05, 0.1) is 0 Å². The Kier molecular flexibility index (Phi) is 6.15. The number of hydrogen-bond acceptors (Lipinski definition) is 2. The predicted molar refractivity (Wildman–Crippen MR) is 78.8 cm³/mol. The van der Waals surface area contributed by atoms with Crippen molar-refractivity contribution in [3.8, 4) is 0 Å². The summed E-state index contributed by atoms with van der Waals surface area (Å²) in [6.07, 6.45) is 14.4. The maximum atomic E-state index is 12.2. The highest BCUT2D eigenvalue weighted by Crippen LogP contribution is 2.25. The molecular weight excluding hydrogens is 236 g/mol. The normalized spacial score (nSPS) is 30.4. The number of nitrogens with two attached hydrogens (primary N) is 1. The Balaban J connectivity index is 1.75. The highest BCUT2D eigenvalue weighted by molar-refractivity contribution is 5.76. The van der Waals surface area contributed by atoms with Crippen LogP contribution in [0.5, 0.6) is 0 Å². The summed E-state index contributed by atoms with van der Waals surface area (Å²) >= 11 is 0. The van der Waals surface area contributed by atoms with Crippen molar-refractivity contribution in [1.29, 1.82) is 0 Å². The zero-order valence-corrected chi connectivity index (χ0v) is 12.2. The van der Waals surface area contributed by atoms with Gasteiger partial charge in [-0.25, -0.2) is 0 Å². The number of carbonyl (C=O) groups excluding carboxylic acids is 1. The second-order valence-electron chi connectivity index (χ2n) is 6.54. The molecule has 0 aromatic carbocycles. The van der Waals surface area contributed by atoms with Crippen molar-refractivity contribution in [3.05, 3.63) is 0 Å². The lowest BCUT2D eigenvalue weighted by Gasteiger charge is -2.24. The summed E-state index contributed by atoms with van der Waals surface area (Å²) in [5, 5.41) is 3.21. The average molecular weight is 266 g/mol. The quantitative estimate of drug-likeness (QED) is 0.771. The summed E-state index contributed by atoms with van der Waals surface area (Å²) in [6.45, 7) is 0. The van der Waals surface area contributed by atoms with Gasteiger partial charge in [-0.3, -0.25) is 4.79 Å². The molecule has 19 heavy (non-hydrogen) atoms. The molecule has 2 aliphatic carbocycles. The topological polar surface area (TPSA) is 55.1 Å². The first kappa shape index (κ1) is 14.8. The molecule has 2 rings (SSSR count). The first-order valence-corrected chi connectivity index (χ1v) is 8.30. The molecule has 3 N–H and O–H groups in total. The molecule has 2 saturated carbocycles. The maximum Gasteiger partial charge on any atom is 0.220 e. The van der Waals surface area contributed by atoms with Crippen LogP contribution in [0.2, 0.25) is 0 Å². The van der Waals surface area contributed by atoms with Crippen LogP contribution in [0.25, 0.3) is 0 Å². The summed E-state index contributed by atoms with van der Waals surface area (Å²) in [7, 11) is 0. The minimum atomic E-state index is 0.167. The third-order valence-corrected chi connectivity index (χ3v) is 4.86. The molecular formula is C16H30N2O. The number of rotatable bonds is 3. The van der Waals surface area contributed by atoms with Crippen molar-refractivity contribution in [1.82, 2.24) is 5.32 Å². The molecule has 1 amide bonds. The second-order valence-corrected chi connectivity index (χ2v) is 6.54. The molecule has 0 saturated heterocycles. The van der Waals surface area contributed by atoms with Crippen LogP contribution in [-0.4, -0.2) is 18.0 Å². The van der Waals surface area contributed by atoms with E-state index in [1.807, 2.05) is 0 Å². The first-order valence-electron chi connectivity index (χ1n) is 8.30. The van der Waals surface area contributed by atoms with Crippen molar-refractivity contribution in [2.24, 2.45) is 11.7 Å². The van der Waals surface area contributed by atoms with E-state index in [9.17, 15) is 4.79 Å². The average Bonchev–Trinajstić information content (AvgIpc) is 2.74. The summed E-state index contributed by atoms with van der Waals surface area (Å²) < 4.78 is 0. The smallest absolute Gasteiger partial charge is 0.220 e. The fraction of sp³-hybridized carbons (Fsp3) is 0.938. The Hall–Kier alpha value is -0.570. The van der Waals surface area contributed by atoms with Crippen LogP contribution < -0.4 is 11.1 Å². The molecule has 2 atom stereocenters. The van der Waals surface area contributed by atoms with Crippen LogP contribution in [0.4, 0.5) is 0 Å². The van der Waals surface area contributed by atoms with Crippen LogP contribution in [0, 0.1) is 5.92 Å². The van der Waals surface area contributed by atoms with Gasteiger partial charge in [-0.05, 0) is 31.6 Å². The van der Waals surface area contributed by atoms with Gasteiger partial charge in [0.25, 0.3) is 0 Å². The molecule has 0 radical (unpaired) electrons. The fourth-order valence-corrected chi connectivity index (χ4v) is 3.61. The largest absolute Gasteiger partial charge is 0.352 e. The van der Waals surface area contributed by atoms with Crippen LogP contribution in [0.3, 0.4) is 0 Å². The van der Waals surface area contributed by atoms with E-state index in [4.69, 9.17) is 5.73 Å². The van der Waals surface area contributed by atoms with Gasteiger partial charge in [-0.2, -0.15) is 0 Å². The lowest BCUT2D eigenvalue weighted by Crippen LogP contribution is -2.47. The van der Waals surface area contributed by atoms with E-state index < -0.39 is 0 Å². The summed E-state index contributed by atoms with van der Waals surface area (Å²) in [4.78, 5) is 12.2. The fourth-order valence-electron chi connectivity index (χ4n) is 3.61. The van der Waals surface area contributed by atoms with Gasteiger partial charge >= 0.3 is 0 Å². The number of nitrogens with one attached hydrogen (secondary N) is 1. The van der Waals surface area contributed by atoms with Gasteiger partial charge in [-0.15, -0.1) is 0 Å². The highest BCUT2D eigenvalue weighted by atomic mass is 16.1. The van der Waals surface area contributed by atoms with Gasteiger partial charge in [0, 0.05) is 18.5 Å². The van der Waals surface area contributed by atoms with E-state index in [0.717, 1.165) is 19.3 Å². The van der Waals surface area contributed by atoms with Crippen molar-refractivity contribution in [3.63, 3.8) is 0 Å². The summed E-state index contributed by atoms with van der Waals surface area (Å²) in [6, 6.07) is 0.390. The Morgan fingerprint density at radius 2 is 1.47 bits per heavy atom. The maximum absolute atomic E-state index is 12.2. The Bertz CT molecular complexity index is 272. The lowest BCUT2D eigenvalue weighted by molar-refractivity contribution is -0.123. The molecule has 0 bridgehead atoms. The van der Waals surface area contributed by atoms with Crippen LogP contribution >= 0.6 is 0 Å². The van der Waals surface area contributed by atoms with E-state index in [1.54, 1.807) is 0 Å². The van der Waals surface area contributed by atoms with Gasteiger partial charge < -0.3 is 11.1 Å². The van der Waals surface area contributed by atoms with E-state index in [2.05, 4.69) is 5.32 Å². The van der Waals surface area contributed by atoms with Gasteiger partial charge in [0.1, 0.15) is 0 Å². The first-order chi connectivity index (χ1) is 9.25. The zero-order valence-electron chi connectivity index (χ0n) is 12.2. The van der Waals surface area contributed by atoms with Crippen LogP contribution in [0.15, 0.2) is 0 Å². The molecule has 110 valence electrons. The standard InChI is InChI=1S/C16H30N2O/c17-14-10-6-3-7-11-15(14)18-16(19)12-13-8-4-1-2-5-9-13/h13-15H,1-12,17H2,(H,18,19). The van der Waals surface area contributed by atoms with Crippen molar-refractivity contribution >= 4 is 5.91 Å². The monoisotopic (exact) mass is 266 g/mol. The van der Waals surface area contributed by atoms with E-state index in [-0.39, 0.29) is 18.0 Å². The van der Waals surface area contributed by atoms with Crippen molar-refractivity contribution in [2.45, 2.75) is 89.1 Å². The van der Waals surface area contributed by atoms with E-state index >= 15 is 0 Å². The molecule has 0 aromatic heterocycles. The highest BCUT2D eigenvalue weighted by Gasteiger charge is 2.23. The van der Waals surface area contributed by atoms with Gasteiger partial charge in [0.15, 0.2) is 0 Å². The number of hydrogen-bond donors (Lipinski definition) is 2. The molecule has 2 fully saturated rings. The minimum absolute atomic E-state index is 0.167. The third kappa shape index (κ3) is 5.13. The van der Waals surface area contributed by atoms with Gasteiger partial charge in [-0.1, -0.05) is 44.9 Å². The Labute approximate surface area is 117 Å². The molecule has 3 nitrogen and oxygen atoms in total. The molecule has 0 aromatic rings. The molecule has 3 heteroatoms. The van der Waals surface area contributed by atoms with Crippen molar-refractivity contribution < 1.29 is 4.79 Å². The minimum Gasteiger partial charge on any atom is -0.352 e. The van der Waals surface area contributed by atoms with Crippen molar-refractivity contribution in [2.75, 3.05) is 0 Å². The number of carbonyl (C=O) groups is 1. The molecule has 2 aliphatic rings. The third-order valence-electron chi connectivity index (χ3n) is 4.86. The lowest BCUT2D eigenvalue weighted by atomic mass is 9.95. The van der Waals surface area contributed by atoms with E-state index in [1.165, 1.54) is 57.8 Å². The zero-order chi connectivity index (χ0) is 13.5. The predicted octanol–water partition coefficient (Wildman–Crippen LogP) is 3.12. The number of amides is 1. The van der Waals surface area contributed by atoms with E-state index in [0.29, 0.717) is 5.92 Å². The molecule has 0 aliphatic heterocycles.